The van der Waals surface area contributed by atoms with E-state index in [9.17, 15) is 14.7 Å². The summed E-state index contributed by atoms with van der Waals surface area (Å²) in [7, 11) is 0. The van der Waals surface area contributed by atoms with Gasteiger partial charge < -0.3 is 14.9 Å². The van der Waals surface area contributed by atoms with Gasteiger partial charge in [0.25, 0.3) is 5.91 Å². The van der Waals surface area contributed by atoms with Crippen LogP contribution >= 0.6 is 0 Å². The Hall–Kier alpha value is -2.73. The Morgan fingerprint density at radius 1 is 1.07 bits per heavy atom. The van der Waals surface area contributed by atoms with Crippen molar-refractivity contribution < 1.29 is 14.7 Å². The number of rotatable bonds is 5. The van der Waals surface area contributed by atoms with Gasteiger partial charge in [-0.1, -0.05) is 30.3 Å². The van der Waals surface area contributed by atoms with Crippen molar-refractivity contribution in [2.75, 3.05) is 19.7 Å². The molecule has 6 heteroatoms. The fourth-order valence-electron chi connectivity index (χ4n) is 5.17. The Morgan fingerprint density at radius 3 is 2.38 bits per heavy atom. The summed E-state index contributed by atoms with van der Waals surface area (Å²) in [6.45, 7) is 0.942. The molecule has 5 rings (SSSR count). The van der Waals surface area contributed by atoms with Crippen LogP contribution in [-0.2, 0) is 4.79 Å². The molecular weight excluding hydrogens is 366 g/mol. The maximum Gasteiger partial charge on any atom is 0.254 e. The lowest BCUT2D eigenvalue weighted by Gasteiger charge is -2.70. The van der Waals surface area contributed by atoms with Crippen molar-refractivity contribution in [3.63, 3.8) is 0 Å². The van der Waals surface area contributed by atoms with E-state index in [0.29, 0.717) is 31.0 Å². The zero-order chi connectivity index (χ0) is 20.0. The average Bonchev–Trinajstić information content (AvgIpc) is 3.51. The molecule has 0 bridgehead atoms. The number of amides is 2. The number of aliphatic hydroxyl groups is 1. The van der Waals surface area contributed by atoms with Gasteiger partial charge in [-0.2, -0.15) is 0 Å². The number of aromatic nitrogens is 1. The van der Waals surface area contributed by atoms with Gasteiger partial charge in [0.1, 0.15) is 0 Å². The molecule has 6 nitrogen and oxygen atoms in total. The van der Waals surface area contributed by atoms with Gasteiger partial charge in [-0.05, 0) is 36.5 Å². The van der Waals surface area contributed by atoms with Crippen LogP contribution in [0.3, 0.4) is 0 Å². The first-order valence-corrected chi connectivity index (χ1v) is 10.3. The quantitative estimate of drug-likeness (QED) is 0.847. The predicted molar refractivity (Wildman–Crippen MR) is 107 cm³/mol. The van der Waals surface area contributed by atoms with Gasteiger partial charge in [0.2, 0.25) is 5.91 Å². The molecule has 1 aromatic carbocycles. The Morgan fingerprint density at radius 2 is 1.76 bits per heavy atom. The van der Waals surface area contributed by atoms with Crippen LogP contribution in [0.1, 0.15) is 41.1 Å². The standard InChI is InChI=1S/C23H25N3O3/c27-13-19-21(17-4-2-1-3-5-17)23(26(19)20(28)12-16-6-7-16)14-25(15-23)22(29)18-8-10-24-11-9-18/h1-5,8-11,16,19,21,27H,6-7,12-15H2/t19-,21+/m0/s1. The molecule has 3 aliphatic rings. The largest absolute Gasteiger partial charge is 0.394 e. The summed E-state index contributed by atoms with van der Waals surface area (Å²) in [5, 5.41) is 10.1. The number of carbonyl (C=O) groups excluding carboxylic acids is 2. The minimum Gasteiger partial charge on any atom is -0.394 e. The van der Waals surface area contributed by atoms with E-state index in [4.69, 9.17) is 0 Å². The smallest absolute Gasteiger partial charge is 0.254 e. The molecular formula is C23H25N3O3. The summed E-state index contributed by atoms with van der Waals surface area (Å²) >= 11 is 0. The van der Waals surface area contributed by atoms with Crippen molar-refractivity contribution in [1.82, 2.24) is 14.8 Å². The maximum absolute atomic E-state index is 13.1. The van der Waals surface area contributed by atoms with Crippen LogP contribution in [0.5, 0.6) is 0 Å². The van der Waals surface area contributed by atoms with Crippen molar-refractivity contribution in [3.8, 4) is 0 Å². The molecule has 150 valence electrons. The molecule has 0 unspecified atom stereocenters. The van der Waals surface area contributed by atoms with Gasteiger partial charge in [0, 0.05) is 43.4 Å². The number of benzene rings is 1. The van der Waals surface area contributed by atoms with Crippen LogP contribution in [-0.4, -0.2) is 63.0 Å². The second-order valence-electron chi connectivity index (χ2n) is 8.55. The zero-order valence-electron chi connectivity index (χ0n) is 16.3. The fraction of sp³-hybridized carbons (Fsp3) is 0.435. The topological polar surface area (TPSA) is 73.7 Å². The van der Waals surface area contributed by atoms with Crippen LogP contribution < -0.4 is 0 Å². The van der Waals surface area contributed by atoms with E-state index in [2.05, 4.69) is 17.1 Å². The Bertz CT molecular complexity index is 907. The van der Waals surface area contributed by atoms with Crippen molar-refractivity contribution >= 4 is 11.8 Å². The molecule has 2 aromatic rings. The van der Waals surface area contributed by atoms with Crippen molar-refractivity contribution in [2.24, 2.45) is 5.92 Å². The first kappa shape index (κ1) is 18.3. The molecule has 1 aromatic heterocycles. The highest BCUT2D eigenvalue weighted by Crippen LogP contribution is 2.54. The van der Waals surface area contributed by atoms with Crippen molar-refractivity contribution in [3.05, 3.63) is 66.0 Å². The summed E-state index contributed by atoms with van der Waals surface area (Å²) in [5.41, 5.74) is 1.32. The Labute approximate surface area is 170 Å². The van der Waals surface area contributed by atoms with Gasteiger partial charge in [-0.3, -0.25) is 14.6 Å². The molecule has 2 atom stereocenters. The number of nitrogens with zero attached hydrogens (tertiary/aromatic N) is 3. The maximum atomic E-state index is 13.1. The van der Waals surface area contributed by atoms with E-state index < -0.39 is 5.54 Å². The van der Waals surface area contributed by atoms with Gasteiger partial charge in [0.15, 0.2) is 0 Å². The number of hydrogen-bond acceptors (Lipinski definition) is 4. The molecule has 0 radical (unpaired) electrons. The van der Waals surface area contributed by atoms with Crippen LogP contribution in [0.4, 0.5) is 0 Å². The minimum absolute atomic E-state index is 0.0353. The molecule has 1 saturated carbocycles. The van der Waals surface area contributed by atoms with E-state index in [1.165, 1.54) is 0 Å². The second-order valence-corrected chi connectivity index (χ2v) is 8.55. The SMILES string of the molecule is O=C(c1ccncc1)N1CC2(C1)[C@H](c1ccccc1)[C@H](CO)N2C(=O)CC1CC1. The molecule has 1 aliphatic carbocycles. The summed E-state index contributed by atoms with van der Waals surface area (Å²) in [6.07, 6.45) is 6.02. The van der Waals surface area contributed by atoms with Crippen LogP contribution in [0.15, 0.2) is 54.9 Å². The normalized spacial score (nSPS) is 24.7. The van der Waals surface area contributed by atoms with Crippen molar-refractivity contribution in [2.45, 2.75) is 36.8 Å². The number of pyridine rings is 1. The highest BCUT2D eigenvalue weighted by Gasteiger charge is 2.68. The zero-order valence-corrected chi connectivity index (χ0v) is 16.3. The molecule has 2 aliphatic heterocycles. The van der Waals surface area contributed by atoms with Crippen molar-refractivity contribution in [1.29, 1.82) is 0 Å². The summed E-state index contributed by atoms with van der Waals surface area (Å²) in [4.78, 5) is 33.6. The monoisotopic (exact) mass is 391 g/mol. The molecule has 2 amide bonds. The molecule has 1 spiro atoms. The molecule has 1 N–H and O–H groups in total. The van der Waals surface area contributed by atoms with E-state index >= 15 is 0 Å². The predicted octanol–water partition coefficient (Wildman–Crippen LogP) is 2.06. The lowest BCUT2D eigenvalue weighted by Crippen LogP contribution is -2.86. The van der Waals surface area contributed by atoms with Crippen LogP contribution in [0.2, 0.25) is 0 Å². The minimum atomic E-state index is -0.413. The highest BCUT2D eigenvalue weighted by molar-refractivity contribution is 5.95. The number of hydrogen-bond donors (Lipinski definition) is 1. The van der Waals surface area contributed by atoms with E-state index in [1.54, 1.807) is 29.4 Å². The van der Waals surface area contributed by atoms with Crippen LogP contribution in [0, 0.1) is 5.92 Å². The highest BCUT2D eigenvalue weighted by atomic mass is 16.3. The average molecular weight is 391 g/mol. The van der Waals surface area contributed by atoms with E-state index in [0.717, 1.165) is 18.4 Å². The summed E-state index contributed by atoms with van der Waals surface area (Å²) in [6, 6.07) is 13.3. The van der Waals surface area contributed by atoms with E-state index in [1.807, 2.05) is 23.1 Å². The lowest BCUT2D eigenvalue weighted by atomic mass is 9.60. The first-order chi connectivity index (χ1) is 14.1. The third-order valence-electron chi connectivity index (χ3n) is 6.69. The van der Waals surface area contributed by atoms with Gasteiger partial charge in [-0.25, -0.2) is 0 Å². The number of aliphatic hydroxyl groups excluding tert-OH is 1. The molecule has 2 saturated heterocycles. The number of likely N-dealkylation sites (tertiary alicyclic amines) is 2. The van der Waals surface area contributed by atoms with E-state index in [-0.39, 0.29) is 30.4 Å². The fourth-order valence-corrected chi connectivity index (χ4v) is 5.17. The Balaban J connectivity index is 1.42. The number of carbonyl (C=O) groups is 2. The Kier molecular flexibility index (Phi) is 4.39. The molecule has 29 heavy (non-hydrogen) atoms. The molecule has 3 fully saturated rings. The molecule has 3 heterocycles. The van der Waals surface area contributed by atoms with Gasteiger partial charge >= 0.3 is 0 Å². The van der Waals surface area contributed by atoms with Gasteiger partial charge in [-0.15, -0.1) is 0 Å². The first-order valence-electron chi connectivity index (χ1n) is 10.3. The van der Waals surface area contributed by atoms with Crippen LogP contribution in [0.25, 0.3) is 0 Å². The summed E-state index contributed by atoms with van der Waals surface area (Å²) in [5.74, 6) is 0.615. The van der Waals surface area contributed by atoms with Gasteiger partial charge in [0.05, 0.1) is 18.2 Å². The third-order valence-corrected chi connectivity index (χ3v) is 6.69. The lowest BCUT2D eigenvalue weighted by molar-refractivity contribution is -0.193. The summed E-state index contributed by atoms with van der Waals surface area (Å²) < 4.78 is 0. The third kappa shape index (κ3) is 2.94. The second kappa shape index (κ2) is 6.95.